The second-order valence-corrected chi connectivity index (χ2v) is 7.42. The van der Waals surface area contributed by atoms with Crippen molar-refractivity contribution in [1.82, 2.24) is 10.0 Å². The normalized spacial score (nSPS) is 21.7. The van der Waals surface area contributed by atoms with E-state index in [9.17, 15) is 8.42 Å². The van der Waals surface area contributed by atoms with Crippen LogP contribution in [-0.2, 0) is 14.8 Å². The number of sulfonamides is 1. The fraction of sp³-hybridized carbons (Fsp3) is 0.533. The summed E-state index contributed by atoms with van der Waals surface area (Å²) in [5.74, 6) is 0. The molecule has 1 heterocycles. The van der Waals surface area contributed by atoms with E-state index in [1.165, 1.54) is 18.2 Å². The first-order valence-corrected chi connectivity index (χ1v) is 8.65. The number of hydrogen-bond donors (Lipinski definition) is 2. The molecule has 2 N–H and O–H groups in total. The molecule has 1 aromatic rings. The Balaban J connectivity index is 2.14. The summed E-state index contributed by atoms with van der Waals surface area (Å²) >= 11 is 0. The van der Waals surface area contributed by atoms with Gasteiger partial charge in [0.1, 0.15) is 0 Å². The predicted molar refractivity (Wildman–Crippen MR) is 82.9 cm³/mol. The van der Waals surface area contributed by atoms with E-state index in [4.69, 9.17) is 10.00 Å². The van der Waals surface area contributed by atoms with Crippen LogP contribution in [0.15, 0.2) is 23.1 Å². The molecule has 0 bridgehead atoms. The van der Waals surface area contributed by atoms with Crippen LogP contribution in [0.5, 0.6) is 0 Å². The van der Waals surface area contributed by atoms with Crippen molar-refractivity contribution in [3.63, 3.8) is 0 Å². The molecule has 1 aliphatic rings. The maximum absolute atomic E-state index is 12.4. The summed E-state index contributed by atoms with van der Waals surface area (Å²) in [6.45, 7) is 3.33. The van der Waals surface area contributed by atoms with Gasteiger partial charge in [0.15, 0.2) is 0 Å². The number of hydrogen-bond acceptors (Lipinski definition) is 5. The lowest BCUT2D eigenvalue weighted by Gasteiger charge is -2.28. The van der Waals surface area contributed by atoms with E-state index >= 15 is 0 Å². The molecule has 0 amide bonds. The first-order valence-electron chi connectivity index (χ1n) is 7.17. The van der Waals surface area contributed by atoms with Crippen molar-refractivity contribution in [1.29, 1.82) is 5.26 Å². The molecular weight excluding hydrogens is 302 g/mol. The lowest BCUT2D eigenvalue weighted by Crippen LogP contribution is -2.52. The number of benzene rings is 1. The van der Waals surface area contributed by atoms with Crippen molar-refractivity contribution in [2.45, 2.75) is 30.2 Å². The van der Waals surface area contributed by atoms with Gasteiger partial charge < -0.3 is 10.1 Å². The van der Waals surface area contributed by atoms with Crippen LogP contribution in [0, 0.1) is 18.3 Å². The van der Waals surface area contributed by atoms with Gasteiger partial charge in [0, 0.05) is 13.7 Å². The van der Waals surface area contributed by atoms with Crippen LogP contribution in [0.1, 0.15) is 24.0 Å². The van der Waals surface area contributed by atoms with Crippen LogP contribution in [0.25, 0.3) is 0 Å². The highest BCUT2D eigenvalue weighted by atomic mass is 32.2. The fourth-order valence-electron chi connectivity index (χ4n) is 2.72. The second-order valence-electron chi connectivity index (χ2n) is 5.66. The van der Waals surface area contributed by atoms with E-state index in [1.54, 1.807) is 14.0 Å². The maximum atomic E-state index is 12.4. The summed E-state index contributed by atoms with van der Waals surface area (Å²) in [5.41, 5.74) is 0.784. The van der Waals surface area contributed by atoms with Gasteiger partial charge >= 0.3 is 0 Å². The number of nitriles is 1. The molecule has 1 atom stereocenters. The molecule has 22 heavy (non-hydrogen) atoms. The van der Waals surface area contributed by atoms with Crippen molar-refractivity contribution in [2.24, 2.45) is 0 Å². The molecule has 1 aromatic carbocycles. The molecular formula is C15H21N3O3S. The highest BCUT2D eigenvalue weighted by molar-refractivity contribution is 7.89. The van der Waals surface area contributed by atoms with Crippen molar-refractivity contribution < 1.29 is 13.2 Å². The van der Waals surface area contributed by atoms with Crippen molar-refractivity contribution >= 4 is 10.0 Å². The van der Waals surface area contributed by atoms with E-state index in [0.29, 0.717) is 17.7 Å². The summed E-state index contributed by atoms with van der Waals surface area (Å²) in [6, 6.07) is 6.54. The molecule has 1 aliphatic heterocycles. The van der Waals surface area contributed by atoms with Crippen LogP contribution in [0.3, 0.4) is 0 Å². The zero-order chi connectivity index (χ0) is 16.2. The minimum atomic E-state index is -3.61. The SMILES string of the molecule is COCC1(CNS(=O)(=O)c2ccc(C#N)c(C)c2)CCCN1. The average Bonchev–Trinajstić information content (AvgIpc) is 2.95. The van der Waals surface area contributed by atoms with E-state index in [0.717, 1.165) is 19.4 Å². The number of aryl methyl sites for hydroxylation is 1. The Morgan fingerprint density at radius 3 is 2.82 bits per heavy atom. The number of nitrogens with zero attached hydrogens (tertiary/aromatic N) is 1. The van der Waals surface area contributed by atoms with Crippen LogP contribution in [0.4, 0.5) is 0 Å². The summed E-state index contributed by atoms with van der Waals surface area (Å²) < 4.78 is 32.7. The van der Waals surface area contributed by atoms with E-state index < -0.39 is 10.0 Å². The van der Waals surface area contributed by atoms with Crippen LogP contribution in [-0.4, -0.2) is 40.8 Å². The Kier molecular flexibility index (Phi) is 5.19. The van der Waals surface area contributed by atoms with Crippen molar-refractivity contribution in [3.05, 3.63) is 29.3 Å². The molecule has 120 valence electrons. The molecule has 1 unspecified atom stereocenters. The Morgan fingerprint density at radius 2 is 2.27 bits per heavy atom. The Morgan fingerprint density at radius 1 is 1.50 bits per heavy atom. The van der Waals surface area contributed by atoms with Crippen molar-refractivity contribution in [2.75, 3.05) is 26.8 Å². The zero-order valence-corrected chi connectivity index (χ0v) is 13.7. The van der Waals surface area contributed by atoms with Gasteiger partial charge in [-0.15, -0.1) is 0 Å². The van der Waals surface area contributed by atoms with E-state index in [1.807, 2.05) is 6.07 Å². The van der Waals surface area contributed by atoms with Gasteiger partial charge in [0.25, 0.3) is 0 Å². The van der Waals surface area contributed by atoms with Gasteiger partial charge in [0.05, 0.1) is 28.7 Å². The van der Waals surface area contributed by atoms with E-state index in [-0.39, 0.29) is 17.0 Å². The number of rotatable bonds is 6. The van der Waals surface area contributed by atoms with Gasteiger partial charge in [-0.05, 0) is 50.1 Å². The molecule has 6 nitrogen and oxygen atoms in total. The Hall–Kier alpha value is -1.46. The minimum absolute atomic E-state index is 0.176. The van der Waals surface area contributed by atoms with Gasteiger partial charge in [0.2, 0.25) is 10.0 Å². The van der Waals surface area contributed by atoms with Crippen LogP contribution in [0.2, 0.25) is 0 Å². The zero-order valence-electron chi connectivity index (χ0n) is 12.8. The van der Waals surface area contributed by atoms with E-state index in [2.05, 4.69) is 10.0 Å². The predicted octanol–water partition coefficient (Wildman–Crippen LogP) is 0.914. The number of ether oxygens (including phenoxy) is 1. The third-order valence-electron chi connectivity index (χ3n) is 3.98. The highest BCUT2D eigenvalue weighted by Crippen LogP contribution is 2.20. The summed E-state index contributed by atoms with van der Waals surface area (Å²) in [6.07, 6.45) is 1.87. The highest BCUT2D eigenvalue weighted by Gasteiger charge is 2.34. The maximum Gasteiger partial charge on any atom is 0.240 e. The fourth-order valence-corrected chi connectivity index (χ4v) is 3.93. The summed E-state index contributed by atoms with van der Waals surface area (Å²) in [4.78, 5) is 0.176. The van der Waals surface area contributed by atoms with Gasteiger partial charge in [-0.2, -0.15) is 5.26 Å². The summed E-state index contributed by atoms with van der Waals surface area (Å²) in [7, 11) is -2.00. The topological polar surface area (TPSA) is 91.2 Å². The molecule has 0 aliphatic carbocycles. The van der Waals surface area contributed by atoms with Crippen LogP contribution >= 0.6 is 0 Å². The second kappa shape index (κ2) is 6.75. The Labute approximate surface area is 131 Å². The molecule has 1 fully saturated rings. The standard InChI is InChI=1S/C15H21N3O3S/c1-12-8-14(5-4-13(12)9-16)22(19,20)18-10-15(11-21-2)6-3-7-17-15/h4-5,8,17-18H,3,6-7,10-11H2,1-2H3. The van der Waals surface area contributed by atoms with Gasteiger partial charge in [-0.25, -0.2) is 13.1 Å². The molecule has 2 rings (SSSR count). The average molecular weight is 323 g/mol. The molecule has 1 saturated heterocycles. The lowest BCUT2D eigenvalue weighted by molar-refractivity contribution is 0.122. The largest absolute Gasteiger partial charge is 0.383 e. The Bertz CT molecular complexity index is 674. The summed E-state index contributed by atoms with van der Waals surface area (Å²) in [5, 5.41) is 12.2. The monoisotopic (exact) mass is 323 g/mol. The molecule has 0 saturated carbocycles. The first-order chi connectivity index (χ1) is 10.4. The molecule has 0 aromatic heterocycles. The first kappa shape index (κ1) is 16.9. The van der Waals surface area contributed by atoms with Gasteiger partial charge in [-0.1, -0.05) is 0 Å². The molecule has 0 radical (unpaired) electrons. The minimum Gasteiger partial charge on any atom is -0.383 e. The number of nitrogens with one attached hydrogen (secondary N) is 2. The quantitative estimate of drug-likeness (QED) is 0.812. The molecule has 7 heteroatoms. The van der Waals surface area contributed by atoms with Crippen molar-refractivity contribution in [3.8, 4) is 6.07 Å². The third-order valence-corrected chi connectivity index (χ3v) is 5.38. The third kappa shape index (κ3) is 3.65. The smallest absolute Gasteiger partial charge is 0.240 e. The lowest BCUT2D eigenvalue weighted by atomic mass is 9.99. The number of methoxy groups -OCH3 is 1. The van der Waals surface area contributed by atoms with Crippen LogP contribution < -0.4 is 10.0 Å². The molecule has 0 spiro atoms. The van der Waals surface area contributed by atoms with Gasteiger partial charge in [-0.3, -0.25) is 0 Å².